The van der Waals surface area contributed by atoms with E-state index in [0.717, 1.165) is 40.6 Å². The lowest BCUT2D eigenvalue weighted by Gasteiger charge is -2.39. The summed E-state index contributed by atoms with van der Waals surface area (Å²) in [6.07, 6.45) is 2.66. The molecule has 0 spiro atoms. The minimum atomic E-state index is -0.126. The number of aromatic nitrogens is 1. The number of benzene rings is 1. The molecule has 2 aromatic rings. The molecule has 4 rings (SSSR count). The number of pyridine rings is 1. The van der Waals surface area contributed by atoms with Gasteiger partial charge in [-0.1, -0.05) is 37.6 Å². The van der Waals surface area contributed by atoms with E-state index >= 15 is 0 Å². The molecule has 1 N–H and O–H groups in total. The number of piperazine rings is 1. The van der Waals surface area contributed by atoms with E-state index in [4.69, 9.17) is 21.3 Å². The normalized spacial score (nSPS) is 22.7. The van der Waals surface area contributed by atoms with Gasteiger partial charge in [-0.25, -0.2) is 0 Å². The van der Waals surface area contributed by atoms with Crippen LogP contribution < -0.4 is 10.2 Å². The van der Waals surface area contributed by atoms with Gasteiger partial charge in [-0.05, 0) is 30.7 Å². The Kier molecular flexibility index (Phi) is 6.86. The van der Waals surface area contributed by atoms with Crippen LogP contribution in [0.4, 0.5) is 5.69 Å². The number of ether oxygens (including phenoxy) is 1. The number of halogens is 1. The lowest BCUT2D eigenvalue weighted by atomic mass is 9.88. The first-order valence-electron chi connectivity index (χ1n) is 11.3. The second-order valence-corrected chi connectivity index (χ2v) is 10.1. The van der Waals surface area contributed by atoms with Gasteiger partial charge in [0.1, 0.15) is 0 Å². The number of carbonyl (C=O) groups excluding carboxylic acids is 1. The maximum Gasteiger partial charge on any atom is 0.241 e. The quantitative estimate of drug-likeness (QED) is 0.723. The van der Waals surface area contributed by atoms with Crippen molar-refractivity contribution < 1.29 is 9.53 Å². The molecular formula is C25H33ClN4O2. The van der Waals surface area contributed by atoms with Crippen molar-refractivity contribution in [1.82, 2.24) is 15.2 Å². The van der Waals surface area contributed by atoms with Crippen LogP contribution in [0.25, 0.3) is 0 Å². The fourth-order valence-electron chi connectivity index (χ4n) is 4.77. The van der Waals surface area contributed by atoms with Crippen LogP contribution in [0.1, 0.15) is 37.6 Å². The highest BCUT2D eigenvalue weighted by Crippen LogP contribution is 2.40. The third-order valence-electron chi connectivity index (χ3n) is 6.54. The smallest absolute Gasteiger partial charge is 0.241 e. The lowest BCUT2D eigenvalue weighted by molar-refractivity contribution is -0.121. The number of amides is 1. The van der Waals surface area contributed by atoms with Crippen molar-refractivity contribution in [2.45, 2.75) is 44.7 Å². The zero-order chi connectivity index (χ0) is 22.9. The average Bonchev–Trinajstić information content (AvgIpc) is 3.02. The zero-order valence-corrected chi connectivity index (χ0v) is 20.2. The van der Waals surface area contributed by atoms with E-state index in [2.05, 4.69) is 37.1 Å². The number of rotatable bonds is 6. The predicted molar refractivity (Wildman–Crippen MR) is 129 cm³/mol. The number of hydrogen-bond donors (Lipinski definition) is 1. The Morgan fingerprint density at radius 3 is 2.78 bits per heavy atom. The number of anilines is 1. The molecule has 0 radical (unpaired) electrons. The molecule has 0 unspecified atom stereocenters. The van der Waals surface area contributed by atoms with Crippen molar-refractivity contribution in [3.63, 3.8) is 0 Å². The second-order valence-electron chi connectivity index (χ2n) is 9.71. The molecule has 1 aromatic carbocycles. The van der Waals surface area contributed by atoms with E-state index in [-0.39, 0.29) is 17.4 Å². The standard InChI is InChI=1S/C25H33ClN4O2/c1-17-13-29(21(11-27-17)15-32-4)14-24(31)30-16-25(2,3)22-12-28-20(10-23(22)30)9-18-5-7-19(26)8-6-18/h5-8,10,12,17,21,27H,9,11,13-16H2,1-4H3/t17-,21-/m1/s1. The molecule has 7 heteroatoms. The summed E-state index contributed by atoms with van der Waals surface area (Å²) in [6, 6.07) is 10.5. The SMILES string of the molecule is COC[C@H]1CN[C@H](C)CN1CC(=O)N1CC(C)(C)c2cnc(Cc3ccc(Cl)cc3)cc21. The first-order chi connectivity index (χ1) is 15.3. The average molecular weight is 457 g/mol. The summed E-state index contributed by atoms with van der Waals surface area (Å²) in [5, 5.41) is 4.21. The topological polar surface area (TPSA) is 57.7 Å². The summed E-state index contributed by atoms with van der Waals surface area (Å²) in [5.74, 6) is 0.135. The van der Waals surface area contributed by atoms with Gasteiger partial charge in [0.25, 0.3) is 0 Å². The first-order valence-corrected chi connectivity index (χ1v) is 11.6. The van der Waals surface area contributed by atoms with Crippen molar-refractivity contribution in [1.29, 1.82) is 0 Å². The largest absolute Gasteiger partial charge is 0.383 e. The lowest BCUT2D eigenvalue weighted by Crippen LogP contribution is -2.59. The number of carbonyl (C=O) groups is 1. The molecule has 0 aliphatic carbocycles. The van der Waals surface area contributed by atoms with E-state index in [1.165, 1.54) is 0 Å². The summed E-state index contributed by atoms with van der Waals surface area (Å²) in [6.45, 7) is 9.87. The van der Waals surface area contributed by atoms with E-state index in [1.54, 1.807) is 7.11 Å². The fraction of sp³-hybridized carbons (Fsp3) is 0.520. The zero-order valence-electron chi connectivity index (χ0n) is 19.4. The number of hydrogen-bond acceptors (Lipinski definition) is 5. The fourth-order valence-corrected chi connectivity index (χ4v) is 4.89. The number of methoxy groups -OCH3 is 1. The highest BCUT2D eigenvalue weighted by molar-refractivity contribution is 6.30. The Hall–Kier alpha value is -1.99. The maximum absolute atomic E-state index is 13.5. The molecule has 0 bridgehead atoms. The molecule has 6 nitrogen and oxygen atoms in total. The summed E-state index contributed by atoms with van der Waals surface area (Å²) >= 11 is 6.02. The molecule has 1 fully saturated rings. The molecule has 2 atom stereocenters. The van der Waals surface area contributed by atoms with Crippen LogP contribution >= 0.6 is 11.6 Å². The van der Waals surface area contributed by atoms with Crippen LogP contribution in [-0.4, -0.2) is 67.8 Å². The third kappa shape index (κ3) is 4.99. The summed E-state index contributed by atoms with van der Waals surface area (Å²) < 4.78 is 5.40. The van der Waals surface area contributed by atoms with E-state index in [0.29, 0.717) is 32.2 Å². The minimum Gasteiger partial charge on any atom is -0.383 e. The van der Waals surface area contributed by atoms with E-state index in [9.17, 15) is 4.79 Å². The van der Waals surface area contributed by atoms with Crippen molar-refractivity contribution in [3.8, 4) is 0 Å². The number of nitrogens with zero attached hydrogens (tertiary/aromatic N) is 3. The molecule has 2 aliphatic heterocycles. The van der Waals surface area contributed by atoms with Gasteiger partial charge in [-0.2, -0.15) is 0 Å². The molecule has 1 aromatic heterocycles. The van der Waals surface area contributed by atoms with Crippen molar-refractivity contribution in [2.24, 2.45) is 0 Å². The Balaban J connectivity index is 1.55. The Morgan fingerprint density at radius 2 is 2.06 bits per heavy atom. The Bertz CT molecular complexity index is 963. The van der Waals surface area contributed by atoms with Crippen LogP contribution in [0.2, 0.25) is 5.02 Å². The van der Waals surface area contributed by atoms with Gasteiger partial charge in [-0.15, -0.1) is 0 Å². The van der Waals surface area contributed by atoms with Crippen LogP contribution in [0, 0.1) is 0 Å². The van der Waals surface area contributed by atoms with Gasteiger partial charge in [0.05, 0.1) is 18.8 Å². The second kappa shape index (κ2) is 9.48. The highest BCUT2D eigenvalue weighted by atomic mass is 35.5. The highest BCUT2D eigenvalue weighted by Gasteiger charge is 2.39. The molecular weight excluding hydrogens is 424 g/mol. The Labute approximate surface area is 195 Å². The summed E-state index contributed by atoms with van der Waals surface area (Å²) in [5.41, 5.74) is 4.10. The van der Waals surface area contributed by atoms with Crippen LogP contribution in [0.15, 0.2) is 36.5 Å². The van der Waals surface area contributed by atoms with Gasteiger partial charge < -0.3 is 15.0 Å². The van der Waals surface area contributed by atoms with Gasteiger partial charge in [0.2, 0.25) is 5.91 Å². The molecule has 2 aliphatic rings. The predicted octanol–water partition coefficient (Wildman–Crippen LogP) is 3.26. The molecule has 3 heterocycles. The summed E-state index contributed by atoms with van der Waals surface area (Å²) in [4.78, 5) is 22.4. The number of fused-ring (bicyclic) bond motifs is 1. The van der Waals surface area contributed by atoms with Crippen molar-refractivity contribution in [3.05, 3.63) is 58.4 Å². The van der Waals surface area contributed by atoms with Crippen LogP contribution in [0.3, 0.4) is 0 Å². The number of nitrogens with one attached hydrogen (secondary N) is 1. The van der Waals surface area contributed by atoms with Crippen LogP contribution in [-0.2, 0) is 21.4 Å². The molecule has 0 saturated carbocycles. The van der Waals surface area contributed by atoms with E-state index in [1.807, 2.05) is 35.4 Å². The summed E-state index contributed by atoms with van der Waals surface area (Å²) in [7, 11) is 1.71. The first kappa shape index (κ1) is 23.2. The Morgan fingerprint density at radius 1 is 1.31 bits per heavy atom. The van der Waals surface area contributed by atoms with Crippen molar-refractivity contribution in [2.75, 3.05) is 44.8 Å². The molecule has 1 amide bonds. The monoisotopic (exact) mass is 456 g/mol. The van der Waals surface area contributed by atoms with Crippen molar-refractivity contribution >= 4 is 23.2 Å². The molecule has 172 valence electrons. The molecule has 1 saturated heterocycles. The van der Waals surface area contributed by atoms with Gasteiger partial charge >= 0.3 is 0 Å². The van der Waals surface area contributed by atoms with Gasteiger partial charge in [-0.3, -0.25) is 14.7 Å². The van der Waals surface area contributed by atoms with E-state index < -0.39 is 0 Å². The van der Waals surface area contributed by atoms with Crippen LogP contribution in [0.5, 0.6) is 0 Å². The van der Waals surface area contributed by atoms with Gasteiger partial charge in [0, 0.05) is 73.1 Å². The third-order valence-corrected chi connectivity index (χ3v) is 6.79. The van der Waals surface area contributed by atoms with Gasteiger partial charge in [0.15, 0.2) is 0 Å². The minimum absolute atomic E-state index is 0.126. The molecule has 32 heavy (non-hydrogen) atoms. The maximum atomic E-state index is 13.5.